The van der Waals surface area contributed by atoms with Gasteiger partial charge in [-0.15, -0.1) is 0 Å². The van der Waals surface area contributed by atoms with Crippen LogP contribution in [0.5, 0.6) is 0 Å². The maximum Gasteiger partial charge on any atom is 0.317 e. The Kier molecular flexibility index (Phi) is 4.86. The Hall–Kier alpha value is -1.30. The van der Waals surface area contributed by atoms with E-state index in [1.54, 1.807) is 12.0 Å². The van der Waals surface area contributed by atoms with Crippen LogP contribution in [0.15, 0.2) is 0 Å². The summed E-state index contributed by atoms with van der Waals surface area (Å²) in [4.78, 5) is 24.6. The van der Waals surface area contributed by atoms with Gasteiger partial charge in [0.15, 0.2) is 0 Å². The molecule has 0 aromatic heterocycles. The first-order chi connectivity index (χ1) is 9.56. The molecule has 0 bridgehead atoms. The number of likely N-dealkylation sites (tertiary alicyclic amines) is 1. The molecule has 1 heterocycles. The van der Waals surface area contributed by atoms with Gasteiger partial charge in [-0.2, -0.15) is 0 Å². The smallest absolute Gasteiger partial charge is 0.317 e. The molecule has 1 atom stereocenters. The van der Waals surface area contributed by atoms with Gasteiger partial charge in [-0.1, -0.05) is 12.8 Å². The number of hydrogen-bond acceptors (Lipinski definition) is 3. The molecular formula is C14H24N2O4. The number of hydrogen-bond donors (Lipinski definition) is 2. The van der Waals surface area contributed by atoms with Gasteiger partial charge >= 0.3 is 12.0 Å². The van der Waals surface area contributed by atoms with Gasteiger partial charge in [0.2, 0.25) is 0 Å². The summed E-state index contributed by atoms with van der Waals surface area (Å²) in [7, 11) is 1.69. The van der Waals surface area contributed by atoms with Crippen LogP contribution < -0.4 is 5.32 Å². The van der Waals surface area contributed by atoms with Crippen LogP contribution in [0.3, 0.4) is 0 Å². The highest BCUT2D eigenvalue weighted by atomic mass is 16.5. The molecule has 2 fully saturated rings. The molecular weight excluding hydrogens is 260 g/mol. The molecule has 2 amide bonds. The molecule has 6 heteroatoms. The predicted molar refractivity (Wildman–Crippen MR) is 73.5 cm³/mol. The van der Waals surface area contributed by atoms with Crippen molar-refractivity contribution in [2.45, 2.75) is 32.1 Å². The SMILES string of the molecule is COCC1(CNC(=O)N2CCC(C(=O)O)C2)CCCC1. The van der Waals surface area contributed by atoms with Crippen LogP contribution in [0.1, 0.15) is 32.1 Å². The van der Waals surface area contributed by atoms with Crippen LogP contribution in [0.2, 0.25) is 0 Å². The van der Waals surface area contributed by atoms with Crippen molar-refractivity contribution in [2.24, 2.45) is 11.3 Å². The van der Waals surface area contributed by atoms with Crippen LogP contribution in [-0.2, 0) is 9.53 Å². The molecule has 6 nitrogen and oxygen atoms in total. The summed E-state index contributed by atoms with van der Waals surface area (Å²) >= 11 is 0. The molecule has 0 aromatic rings. The molecule has 1 aliphatic carbocycles. The number of nitrogens with one attached hydrogen (secondary N) is 1. The van der Waals surface area contributed by atoms with E-state index in [1.165, 1.54) is 12.8 Å². The minimum atomic E-state index is -0.813. The highest BCUT2D eigenvalue weighted by molar-refractivity contribution is 5.77. The first-order valence-corrected chi connectivity index (χ1v) is 7.31. The van der Waals surface area contributed by atoms with Crippen molar-refractivity contribution in [3.63, 3.8) is 0 Å². The minimum Gasteiger partial charge on any atom is -0.481 e. The Morgan fingerprint density at radius 1 is 1.40 bits per heavy atom. The third kappa shape index (κ3) is 3.42. The summed E-state index contributed by atoms with van der Waals surface area (Å²) in [5.74, 6) is -1.23. The van der Waals surface area contributed by atoms with Crippen LogP contribution in [0, 0.1) is 11.3 Å². The Morgan fingerprint density at radius 3 is 2.65 bits per heavy atom. The number of methoxy groups -OCH3 is 1. The van der Waals surface area contributed by atoms with Crippen molar-refractivity contribution in [1.29, 1.82) is 0 Å². The van der Waals surface area contributed by atoms with Gasteiger partial charge in [-0.25, -0.2) is 4.79 Å². The first kappa shape index (κ1) is 15.1. The van der Waals surface area contributed by atoms with Gasteiger partial charge in [0.1, 0.15) is 0 Å². The maximum atomic E-state index is 12.1. The van der Waals surface area contributed by atoms with Crippen LogP contribution >= 0.6 is 0 Å². The number of rotatable bonds is 5. The fraction of sp³-hybridized carbons (Fsp3) is 0.857. The number of nitrogens with zero attached hydrogens (tertiary/aromatic N) is 1. The number of carbonyl (C=O) groups excluding carboxylic acids is 1. The zero-order valence-electron chi connectivity index (χ0n) is 12.1. The van der Waals surface area contributed by atoms with Crippen molar-refractivity contribution in [3.05, 3.63) is 0 Å². The lowest BCUT2D eigenvalue weighted by Crippen LogP contribution is -2.45. The average molecular weight is 284 g/mol. The molecule has 114 valence electrons. The lowest BCUT2D eigenvalue weighted by molar-refractivity contribution is -0.141. The number of ether oxygens (including phenoxy) is 1. The van der Waals surface area contributed by atoms with E-state index in [0.29, 0.717) is 32.7 Å². The quantitative estimate of drug-likeness (QED) is 0.798. The zero-order chi connectivity index (χ0) is 14.6. The Bertz CT molecular complexity index is 366. The number of urea groups is 1. The van der Waals surface area contributed by atoms with Crippen molar-refractivity contribution >= 4 is 12.0 Å². The summed E-state index contributed by atoms with van der Waals surface area (Å²) in [5.41, 5.74) is 0.0658. The molecule has 2 N–H and O–H groups in total. The molecule has 0 spiro atoms. The van der Waals surface area contributed by atoms with Gasteiger partial charge in [0.05, 0.1) is 12.5 Å². The van der Waals surface area contributed by atoms with Gasteiger partial charge in [-0.3, -0.25) is 4.79 Å². The third-order valence-corrected chi connectivity index (χ3v) is 4.55. The standard InChI is InChI=1S/C14H24N2O4/c1-20-10-14(5-2-3-6-14)9-15-13(19)16-7-4-11(8-16)12(17)18/h11H,2-10H2,1H3,(H,15,19)(H,17,18). The minimum absolute atomic E-state index is 0.0658. The molecule has 1 saturated heterocycles. The molecule has 2 aliphatic rings. The van der Waals surface area contributed by atoms with E-state index in [9.17, 15) is 9.59 Å². The van der Waals surface area contributed by atoms with Crippen molar-refractivity contribution in [3.8, 4) is 0 Å². The molecule has 1 saturated carbocycles. The third-order valence-electron chi connectivity index (χ3n) is 4.55. The van der Waals surface area contributed by atoms with E-state index in [0.717, 1.165) is 12.8 Å². The Morgan fingerprint density at radius 2 is 2.10 bits per heavy atom. The van der Waals surface area contributed by atoms with E-state index in [1.807, 2.05) is 0 Å². The van der Waals surface area contributed by atoms with E-state index in [2.05, 4.69) is 5.32 Å². The number of aliphatic carboxylic acids is 1. The zero-order valence-corrected chi connectivity index (χ0v) is 12.1. The topological polar surface area (TPSA) is 78.9 Å². The molecule has 2 rings (SSSR count). The Labute approximate surface area is 119 Å². The Balaban J connectivity index is 1.81. The monoisotopic (exact) mass is 284 g/mol. The molecule has 0 radical (unpaired) electrons. The maximum absolute atomic E-state index is 12.1. The second-order valence-corrected chi connectivity index (χ2v) is 6.07. The van der Waals surface area contributed by atoms with Gasteiger partial charge in [0.25, 0.3) is 0 Å². The lowest BCUT2D eigenvalue weighted by atomic mass is 9.87. The molecule has 1 aliphatic heterocycles. The molecule has 0 aromatic carbocycles. The summed E-state index contributed by atoms with van der Waals surface area (Å²) in [6.45, 7) is 2.14. The van der Waals surface area contributed by atoms with Crippen molar-refractivity contribution in [2.75, 3.05) is 33.4 Å². The van der Waals surface area contributed by atoms with Crippen molar-refractivity contribution in [1.82, 2.24) is 10.2 Å². The second kappa shape index (κ2) is 6.43. The largest absolute Gasteiger partial charge is 0.481 e. The van der Waals surface area contributed by atoms with Crippen molar-refractivity contribution < 1.29 is 19.4 Å². The molecule has 1 unspecified atom stereocenters. The fourth-order valence-electron chi connectivity index (χ4n) is 3.32. The average Bonchev–Trinajstić information content (AvgIpc) is 3.06. The number of carboxylic acid groups (broad SMARTS) is 1. The van der Waals surface area contributed by atoms with E-state index in [-0.39, 0.29) is 11.4 Å². The summed E-state index contributed by atoms with van der Waals surface area (Å²) in [5, 5.41) is 11.9. The number of amides is 2. The van der Waals surface area contributed by atoms with Crippen LogP contribution in [0.25, 0.3) is 0 Å². The highest BCUT2D eigenvalue weighted by Gasteiger charge is 2.36. The lowest BCUT2D eigenvalue weighted by Gasteiger charge is -2.29. The number of carbonyl (C=O) groups is 2. The molecule has 20 heavy (non-hydrogen) atoms. The summed E-state index contributed by atoms with van der Waals surface area (Å²) in [6.07, 6.45) is 5.08. The van der Waals surface area contributed by atoms with E-state index >= 15 is 0 Å². The normalized spacial score (nSPS) is 24.9. The van der Waals surface area contributed by atoms with Gasteiger partial charge < -0.3 is 20.1 Å². The van der Waals surface area contributed by atoms with E-state index in [4.69, 9.17) is 9.84 Å². The fourth-order valence-corrected chi connectivity index (χ4v) is 3.32. The predicted octanol–water partition coefficient (Wildman–Crippen LogP) is 1.31. The number of carboxylic acids is 1. The highest BCUT2D eigenvalue weighted by Crippen LogP contribution is 2.37. The summed E-state index contributed by atoms with van der Waals surface area (Å²) < 4.78 is 5.29. The van der Waals surface area contributed by atoms with Crippen LogP contribution in [0.4, 0.5) is 4.79 Å². The second-order valence-electron chi connectivity index (χ2n) is 6.07. The first-order valence-electron chi connectivity index (χ1n) is 7.31. The van der Waals surface area contributed by atoms with Gasteiger partial charge in [-0.05, 0) is 19.3 Å². The van der Waals surface area contributed by atoms with E-state index < -0.39 is 11.9 Å². The summed E-state index contributed by atoms with van der Waals surface area (Å²) in [6, 6.07) is -0.142. The van der Waals surface area contributed by atoms with Gasteiger partial charge in [0, 0.05) is 32.2 Å². The van der Waals surface area contributed by atoms with Crippen LogP contribution in [-0.4, -0.2) is 55.4 Å².